The van der Waals surface area contributed by atoms with Crippen LogP contribution in [-0.2, 0) is 17.5 Å². The summed E-state index contributed by atoms with van der Waals surface area (Å²) in [7, 11) is 0. The average molecular weight is 354 g/mol. The predicted molar refractivity (Wildman–Crippen MR) is 81.9 cm³/mol. The summed E-state index contributed by atoms with van der Waals surface area (Å²) in [5, 5.41) is 3.81. The van der Waals surface area contributed by atoms with Crippen LogP contribution in [0.3, 0.4) is 0 Å². The van der Waals surface area contributed by atoms with Gasteiger partial charge in [0.15, 0.2) is 0 Å². The van der Waals surface area contributed by atoms with Gasteiger partial charge in [-0.15, -0.1) is 0 Å². The molecule has 25 heavy (non-hydrogen) atoms. The molecule has 2 heterocycles. The first-order valence-corrected chi connectivity index (χ1v) is 7.85. The Bertz CT molecular complexity index is 743. The Balaban J connectivity index is 1.67. The number of nitrogens with two attached hydrogens (primary N) is 1. The highest BCUT2D eigenvalue weighted by Crippen LogP contribution is 2.30. The second-order valence-corrected chi connectivity index (χ2v) is 6.06. The summed E-state index contributed by atoms with van der Waals surface area (Å²) in [5.74, 6) is 0.0685. The van der Waals surface area contributed by atoms with E-state index in [9.17, 15) is 18.0 Å². The van der Waals surface area contributed by atoms with Crippen molar-refractivity contribution >= 4 is 5.91 Å². The molecule has 1 amide bonds. The molecule has 9 heteroatoms. The van der Waals surface area contributed by atoms with Gasteiger partial charge in [0.05, 0.1) is 18.0 Å². The number of carbonyl (C=O) groups is 1. The fourth-order valence-corrected chi connectivity index (χ4v) is 2.87. The number of hydrogen-bond acceptors (Lipinski definition) is 5. The topological polar surface area (TPSA) is 85.3 Å². The van der Waals surface area contributed by atoms with E-state index in [-0.39, 0.29) is 17.6 Å². The van der Waals surface area contributed by atoms with Crippen molar-refractivity contribution in [3.63, 3.8) is 0 Å². The maximum absolute atomic E-state index is 12.6. The van der Waals surface area contributed by atoms with Crippen molar-refractivity contribution in [3.8, 4) is 11.4 Å². The number of piperidine rings is 1. The van der Waals surface area contributed by atoms with Gasteiger partial charge in [0.1, 0.15) is 0 Å². The molecule has 1 atom stereocenters. The van der Waals surface area contributed by atoms with Gasteiger partial charge in [-0.2, -0.15) is 18.2 Å². The van der Waals surface area contributed by atoms with E-state index < -0.39 is 11.7 Å². The fourth-order valence-electron chi connectivity index (χ4n) is 2.87. The summed E-state index contributed by atoms with van der Waals surface area (Å²) in [4.78, 5) is 17.5. The van der Waals surface area contributed by atoms with Crippen LogP contribution in [0.25, 0.3) is 11.4 Å². The minimum absolute atomic E-state index is 0.189. The van der Waals surface area contributed by atoms with Crippen LogP contribution in [0.1, 0.15) is 24.3 Å². The Hall–Kier alpha value is -2.42. The molecule has 0 bridgehead atoms. The van der Waals surface area contributed by atoms with Crippen molar-refractivity contribution in [1.29, 1.82) is 0 Å². The molecule has 1 aromatic heterocycles. The number of halogens is 3. The molecular weight excluding hydrogens is 337 g/mol. The van der Waals surface area contributed by atoms with Gasteiger partial charge in [0.2, 0.25) is 17.6 Å². The van der Waals surface area contributed by atoms with Crippen LogP contribution in [0.4, 0.5) is 13.2 Å². The Morgan fingerprint density at radius 2 is 2.04 bits per heavy atom. The zero-order valence-corrected chi connectivity index (χ0v) is 13.3. The van der Waals surface area contributed by atoms with Crippen molar-refractivity contribution in [2.24, 2.45) is 11.7 Å². The largest absolute Gasteiger partial charge is 0.416 e. The number of primary amides is 1. The number of alkyl halides is 3. The second-order valence-electron chi connectivity index (χ2n) is 6.06. The molecule has 134 valence electrons. The van der Waals surface area contributed by atoms with Crippen molar-refractivity contribution in [2.45, 2.75) is 25.6 Å². The minimum Gasteiger partial charge on any atom is -0.369 e. The zero-order valence-electron chi connectivity index (χ0n) is 13.3. The molecule has 0 saturated carbocycles. The summed E-state index contributed by atoms with van der Waals surface area (Å²) in [5.41, 5.74) is 5.06. The van der Waals surface area contributed by atoms with Crippen LogP contribution in [0, 0.1) is 5.92 Å². The number of aromatic nitrogens is 2. The summed E-state index contributed by atoms with van der Waals surface area (Å²) in [6.45, 7) is 1.70. The predicted octanol–water partition coefficient (Wildman–Crippen LogP) is 2.45. The van der Waals surface area contributed by atoms with E-state index in [4.69, 9.17) is 10.3 Å². The highest BCUT2D eigenvalue weighted by molar-refractivity contribution is 5.76. The molecule has 2 aromatic rings. The van der Waals surface area contributed by atoms with Crippen LogP contribution in [0.5, 0.6) is 0 Å². The number of carbonyl (C=O) groups excluding carboxylic acids is 1. The van der Waals surface area contributed by atoms with Gasteiger partial charge in [-0.05, 0) is 31.5 Å². The Morgan fingerprint density at radius 3 is 2.68 bits per heavy atom. The SMILES string of the molecule is NC(=O)C1CCCN(Cc2nc(-c3ccc(C(F)(F)F)cc3)no2)C1. The molecule has 1 saturated heterocycles. The monoisotopic (exact) mass is 354 g/mol. The first-order valence-electron chi connectivity index (χ1n) is 7.85. The number of rotatable bonds is 4. The van der Waals surface area contributed by atoms with Gasteiger partial charge < -0.3 is 10.3 Å². The van der Waals surface area contributed by atoms with Crippen molar-refractivity contribution in [1.82, 2.24) is 15.0 Å². The lowest BCUT2D eigenvalue weighted by Gasteiger charge is -2.29. The first-order chi connectivity index (χ1) is 11.8. The Kier molecular flexibility index (Phi) is 4.76. The molecule has 1 aliphatic heterocycles. The van der Waals surface area contributed by atoms with Gasteiger partial charge >= 0.3 is 6.18 Å². The fraction of sp³-hybridized carbons (Fsp3) is 0.438. The third kappa shape index (κ3) is 4.16. The van der Waals surface area contributed by atoms with Crippen LogP contribution < -0.4 is 5.73 Å². The summed E-state index contributed by atoms with van der Waals surface area (Å²) >= 11 is 0. The molecule has 1 aliphatic rings. The number of amides is 1. The van der Waals surface area contributed by atoms with Crippen LogP contribution in [0.2, 0.25) is 0 Å². The van der Waals surface area contributed by atoms with E-state index in [0.29, 0.717) is 24.5 Å². The van der Waals surface area contributed by atoms with Gasteiger partial charge in [-0.25, -0.2) is 0 Å². The average Bonchev–Trinajstić information content (AvgIpc) is 3.03. The number of benzene rings is 1. The van der Waals surface area contributed by atoms with Crippen LogP contribution >= 0.6 is 0 Å². The maximum atomic E-state index is 12.6. The van der Waals surface area contributed by atoms with E-state index in [2.05, 4.69) is 10.1 Å². The molecular formula is C16H17F3N4O2. The lowest BCUT2D eigenvalue weighted by atomic mass is 9.97. The van der Waals surface area contributed by atoms with Gasteiger partial charge in [0.25, 0.3) is 0 Å². The first kappa shape index (κ1) is 17.4. The van der Waals surface area contributed by atoms with Crippen LogP contribution in [-0.4, -0.2) is 34.0 Å². The number of hydrogen-bond donors (Lipinski definition) is 1. The third-order valence-electron chi connectivity index (χ3n) is 4.21. The second kappa shape index (κ2) is 6.83. The normalized spacial score (nSPS) is 19.1. The highest BCUT2D eigenvalue weighted by atomic mass is 19.4. The molecule has 1 fully saturated rings. The molecule has 1 unspecified atom stereocenters. The summed E-state index contributed by atoms with van der Waals surface area (Å²) in [6, 6.07) is 4.57. The van der Waals surface area contributed by atoms with Gasteiger partial charge in [0, 0.05) is 12.1 Å². The zero-order chi connectivity index (χ0) is 18.0. The molecule has 6 nitrogen and oxygen atoms in total. The van der Waals surface area contributed by atoms with E-state index in [1.165, 1.54) is 12.1 Å². The van der Waals surface area contributed by atoms with Crippen molar-refractivity contribution in [2.75, 3.05) is 13.1 Å². The quantitative estimate of drug-likeness (QED) is 0.912. The van der Waals surface area contributed by atoms with E-state index in [1.807, 2.05) is 4.90 Å². The van der Waals surface area contributed by atoms with Gasteiger partial charge in [-0.3, -0.25) is 9.69 Å². The lowest BCUT2D eigenvalue weighted by Crippen LogP contribution is -2.40. The van der Waals surface area contributed by atoms with E-state index >= 15 is 0 Å². The van der Waals surface area contributed by atoms with E-state index in [1.54, 1.807) is 0 Å². The van der Waals surface area contributed by atoms with Crippen molar-refractivity contribution in [3.05, 3.63) is 35.7 Å². The van der Waals surface area contributed by atoms with E-state index in [0.717, 1.165) is 31.5 Å². The van der Waals surface area contributed by atoms with Crippen molar-refractivity contribution < 1.29 is 22.5 Å². The summed E-state index contributed by atoms with van der Waals surface area (Å²) < 4.78 is 42.9. The molecule has 0 radical (unpaired) electrons. The molecule has 0 aliphatic carbocycles. The molecule has 3 rings (SSSR count). The van der Waals surface area contributed by atoms with Gasteiger partial charge in [-0.1, -0.05) is 17.3 Å². The Labute approximate surface area is 141 Å². The highest BCUT2D eigenvalue weighted by Gasteiger charge is 2.30. The third-order valence-corrected chi connectivity index (χ3v) is 4.21. The number of likely N-dealkylation sites (tertiary alicyclic amines) is 1. The summed E-state index contributed by atoms with van der Waals surface area (Å²) in [6.07, 6.45) is -2.76. The standard InChI is InChI=1S/C16H17F3N4O2/c17-16(18,19)12-5-3-10(4-6-12)15-21-13(25-22-15)9-23-7-1-2-11(8-23)14(20)24/h3-6,11H,1-2,7-9H2,(H2,20,24). The number of nitrogens with zero attached hydrogens (tertiary/aromatic N) is 3. The van der Waals surface area contributed by atoms with Crippen LogP contribution in [0.15, 0.2) is 28.8 Å². The Morgan fingerprint density at radius 1 is 1.32 bits per heavy atom. The maximum Gasteiger partial charge on any atom is 0.416 e. The molecule has 0 spiro atoms. The molecule has 1 aromatic carbocycles. The lowest BCUT2D eigenvalue weighted by molar-refractivity contribution is -0.137. The smallest absolute Gasteiger partial charge is 0.369 e. The molecule has 2 N–H and O–H groups in total. The minimum atomic E-state index is -4.38.